The van der Waals surface area contributed by atoms with E-state index in [0.29, 0.717) is 12.2 Å². The van der Waals surface area contributed by atoms with Crippen molar-refractivity contribution in [1.82, 2.24) is 4.57 Å². The Labute approximate surface area is 83.7 Å². The van der Waals surface area contributed by atoms with Gasteiger partial charge in [-0.05, 0) is 19.9 Å². The molecular formula is C10H16N2O2. The van der Waals surface area contributed by atoms with Crippen LogP contribution < -0.4 is 5.73 Å². The van der Waals surface area contributed by atoms with Crippen LogP contribution in [0.15, 0.2) is 6.07 Å². The van der Waals surface area contributed by atoms with Gasteiger partial charge in [0.15, 0.2) is 0 Å². The lowest BCUT2D eigenvalue weighted by molar-refractivity contribution is 0.0999. The van der Waals surface area contributed by atoms with Crippen LogP contribution in [0.3, 0.4) is 0 Å². The second-order valence-electron chi connectivity index (χ2n) is 3.29. The molecule has 1 aromatic rings. The third-order valence-electron chi connectivity index (χ3n) is 2.36. The normalized spacial score (nSPS) is 10.5. The van der Waals surface area contributed by atoms with Gasteiger partial charge in [0.25, 0.3) is 5.91 Å². The maximum Gasteiger partial charge on any atom is 0.250 e. The van der Waals surface area contributed by atoms with Crippen molar-refractivity contribution >= 4 is 5.91 Å². The van der Waals surface area contributed by atoms with E-state index in [9.17, 15) is 4.79 Å². The number of nitrogens with two attached hydrogens (primary N) is 1. The molecule has 0 aromatic carbocycles. The minimum Gasteiger partial charge on any atom is -0.383 e. The molecule has 14 heavy (non-hydrogen) atoms. The summed E-state index contributed by atoms with van der Waals surface area (Å²) in [6, 6.07) is 1.81. The van der Waals surface area contributed by atoms with E-state index in [2.05, 4.69) is 0 Å². The molecule has 0 aliphatic rings. The predicted molar refractivity (Wildman–Crippen MR) is 54.3 cm³/mol. The van der Waals surface area contributed by atoms with E-state index in [0.717, 1.165) is 17.9 Å². The van der Waals surface area contributed by atoms with Gasteiger partial charge in [0.1, 0.15) is 0 Å². The molecule has 78 valence electrons. The average Bonchev–Trinajstić information content (AvgIpc) is 2.40. The fourth-order valence-corrected chi connectivity index (χ4v) is 1.58. The SMILES string of the molecule is COCCn1c(C)cc(C(N)=O)c1C. The number of primary amides is 1. The third kappa shape index (κ3) is 1.96. The average molecular weight is 196 g/mol. The first-order chi connectivity index (χ1) is 6.57. The standard InChI is InChI=1S/C10H16N2O2/c1-7-6-9(10(11)13)8(2)12(7)4-5-14-3/h6H,4-5H2,1-3H3,(H2,11,13). The summed E-state index contributed by atoms with van der Waals surface area (Å²) in [5.41, 5.74) is 7.78. The lowest BCUT2D eigenvalue weighted by Gasteiger charge is -2.08. The monoisotopic (exact) mass is 196 g/mol. The van der Waals surface area contributed by atoms with E-state index in [-0.39, 0.29) is 5.91 Å². The number of carbonyl (C=O) groups is 1. The highest BCUT2D eigenvalue weighted by Gasteiger charge is 2.12. The molecule has 1 aromatic heterocycles. The van der Waals surface area contributed by atoms with Crippen molar-refractivity contribution in [2.24, 2.45) is 5.73 Å². The Kier molecular flexibility index (Phi) is 3.30. The zero-order valence-electron chi connectivity index (χ0n) is 8.83. The van der Waals surface area contributed by atoms with Gasteiger partial charge in [-0.3, -0.25) is 4.79 Å². The Morgan fingerprint density at radius 2 is 2.21 bits per heavy atom. The molecule has 0 aliphatic carbocycles. The van der Waals surface area contributed by atoms with Crippen LogP contribution in [0.5, 0.6) is 0 Å². The number of aromatic nitrogens is 1. The van der Waals surface area contributed by atoms with E-state index >= 15 is 0 Å². The van der Waals surface area contributed by atoms with Gasteiger partial charge in [-0.15, -0.1) is 0 Å². The molecule has 0 fully saturated rings. The quantitative estimate of drug-likeness (QED) is 0.776. The number of hydrogen-bond acceptors (Lipinski definition) is 2. The van der Waals surface area contributed by atoms with Gasteiger partial charge in [0, 0.05) is 25.0 Å². The minimum absolute atomic E-state index is 0.373. The largest absolute Gasteiger partial charge is 0.383 e. The number of rotatable bonds is 4. The molecule has 0 atom stereocenters. The van der Waals surface area contributed by atoms with E-state index in [1.54, 1.807) is 7.11 Å². The zero-order chi connectivity index (χ0) is 10.7. The maximum absolute atomic E-state index is 11.0. The molecular weight excluding hydrogens is 180 g/mol. The molecule has 0 radical (unpaired) electrons. The number of carbonyl (C=O) groups excluding carboxylic acids is 1. The Bertz CT molecular complexity index is 342. The van der Waals surface area contributed by atoms with Gasteiger partial charge in [-0.2, -0.15) is 0 Å². The van der Waals surface area contributed by atoms with Gasteiger partial charge in [-0.25, -0.2) is 0 Å². The lowest BCUT2D eigenvalue weighted by Crippen LogP contribution is -2.13. The first-order valence-electron chi connectivity index (χ1n) is 4.53. The van der Waals surface area contributed by atoms with Crippen molar-refractivity contribution < 1.29 is 9.53 Å². The summed E-state index contributed by atoms with van der Waals surface area (Å²) in [5.74, 6) is -0.373. The van der Waals surface area contributed by atoms with Crippen LogP contribution in [-0.2, 0) is 11.3 Å². The third-order valence-corrected chi connectivity index (χ3v) is 2.36. The molecule has 2 N–H and O–H groups in total. The molecule has 4 heteroatoms. The second kappa shape index (κ2) is 4.28. The molecule has 4 nitrogen and oxygen atoms in total. The van der Waals surface area contributed by atoms with Gasteiger partial charge in [0.05, 0.1) is 12.2 Å². The molecule has 0 bridgehead atoms. The molecule has 0 aliphatic heterocycles. The summed E-state index contributed by atoms with van der Waals surface area (Å²) in [5, 5.41) is 0. The van der Waals surface area contributed by atoms with E-state index in [4.69, 9.17) is 10.5 Å². The van der Waals surface area contributed by atoms with Crippen molar-refractivity contribution in [1.29, 1.82) is 0 Å². The van der Waals surface area contributed by atoms with Gasteiger partial charge in [-0.1, -0.05) is 0 Å². The number of methoxy groups -OCH3 is 1. The van der Waals surface area contributed by atoms with Crippen LogP contribution in [-0.4, -0.2) is 24.2 Å². The van der Waals surface area contributed by atoms with Crippen molar-refractivity contribution in [3.05, 3.63) is 23.0 Å². The predicted octanol–water partition coefficient (Wildman–Crippen LogP) is 0.850. The second-order valence-corrected chi connectivity index (χ2v) is 3.29. The van der Waals surface area contributed by atoms with E-state index in [1.807, 2.05) is 24.5 Å². The Hall–Kier alpha value is -1.29. The van der Waals surface area contributed by atoms with Gasteiger partial charge >= 0.3 is 0 Å². The fraction of sp³-hybridized carbons (Fsp3) is 0.500. The summed E-state index contributed by atoms with van der Waals surface area (Å²) in [6.07, 6.45) is 0. The van der Waals surface area contributed by atoms with Crippen LogP contribution in [0.25, 0.3) is 0 Å². The first kappa shape index (κ1) is 10.8. The van der Waals surface area contributed by atoms with Gasteiger partial charge < -0.3 is 15.0 Å². The van der Waals surface area contributed by atoms with Crippen LogP contribution in [0.4, 0.5) is 0 Å². The minimum atomic E-state index is -0.373. The molecule has 0 unspecified atom stereocenters. The van der Waals surface area contributed by atoms with Crippen molar-refractivity contribution in [2.75, 3.05) is 13.7 Å². The summed E-state index contributed by atoms with van der Waals surface area (Å²) in [4.78, 5) is 11.0. The molecule has 1 heterocycles. The number of amides is 1. The van der Waals surface area contributed by atoms with Crippen molar-refractivity contribution in [3.8, 4) is 0 Å². The Balaban J connectivity index is 2.99. The smallest absolute Gasteiger partial charge is 0.250 e. The highest BCUT2D eigenvalue weighted by molar-refractivity contribution is 5.94. The summed E-state index contributed by atoms with van der Waals surface area (Å²) >= 11 is 0. The molecule has 0 saturated carbocycles. The first-order valence-corrected chi connectivity index (χ1v) is 4.53. The van der Waals surface area contributed by atoms with E-state index in [1.165, 1.54) is 0 Å². The van der Waals surface area contributed by atoms with Crippen LogP contribution >= 0.6 is 0 Å². The number of aryl methyl sites for hydroxylation is 1. The molecule has 0 saturated heterocycles. The Morgan fingerprint density at radius 1 is 1.57 bits per heavy atom. The number of hydrogen-bond donors (Lipinski definition) is 1. The topological polar surface area (TPSA) is 57.2 Å². The number of ether oxygens (including phenoxy) is 1. The van der Waals surface area contributed by atoms with Crippen LogP contribution in [0.2, 0.25) is 0 Å². The summed E-state index contributed by atoms with van der Waals surface area (Å²) < 4.78 is 7.02. The summed E-state index contributed by atoms with van der Waals surface area (Å²) in [7, 11) is 1.66. The van der Waals surface area contributed by atoms with E-state index < -0.39 is 0 Å². The fourth-order valence-electron chi connectivity index (χ4n) is 1.58. The summed E-state index contributed by atoms with van der Waals surface area (Å²) in [6.45, 7) is 5.23. The zero-order valence-corrected chi connectivity index (χ0v) is 8.83. The maximum atomic E-state index is 11.0. The lowest BCUT2D eigenvalue weighted by atomic mass is 10.2. The highest BCUT2D eigenvalue weighted by Crippen LogP contribution is 2.14. The molecule has 1 amide bonds. The van der Waals surface area contributed by atoms with Crippen molar-refractivity contribution in [2.45, 2.75) is 20.4 Å². The van der Waals surface area contributed by atoms with Gasteiger partial charge in [0.2, 0.25) is 0 Å². The Morgan fingerprint density at radius 3 is 2.64 bits per heavy atom. The molecule has 0 spiro atoms. The number of nitrogens with zero attached hydrogens (tertiary/aromatic N) is 1. The molecule has 1 rings (SSSR count). The van der Waals surface area contributed by atoms with Crippen molar-refractivity contribution in [3.63, 3.8) is 0 Å². The van der Waals surface area contributed by atoms with Crippen LogP contribution in [0.1, 0.15) is 21.7 Å². The van der Waals surface area contributed by atoms with Crippen LogP contribution in [0, 0.1) is 13.8 Å². The highest BCUT2D eigenvalue weighted by atomic mass is 16.5.